The first-order valence-corrected chi connectivity index (χ1v) is 15.3. The molecule has 2 amide bonds. The van der Waals surface area contributed by atoms with Crippen molar-refractivity contribution in [2.45, 2.75) is 57.6 Å². The fourth-order valence-corrected chi connectivity index (χ4v) is 6.28. The quantitative estimate of drug-likeness (QED) is 0.265. The zero-order valence-corrected chi connectivity index (χ0v) is 25.8. The van der Waals surface area contributed by atoms with Crippen molar-refractivity contribution < 1.29 is 18.0 Å². The average molecular weight is 625 g/mol. The summed E-state index contributed by atoms with van der Waals surface area (Å²) in [5.41, 5.74) is 1.29. The van der Waals surface area contributed by atoms with Crippen molar-refractivity contribution in [2.75, 3.05) is 10.8 Å². The molecular weight excluding hydrogens is 593 g/mol. The summed E-state index contributed by atoms with van der Waals surface area (Å²) >= 11 is 19.0. The van der Waals surface area contributed by atoms with Gasteiger partial charge in [-0.25, -0.2) is 8.42 Å². The highest BCUT2D eigenvalue weighted by Crippen LogP contribution is 2.30. The maximum atomic E-state index is 14.0. The molecule has 3 aromatic carbocycles. The van der Waals surface area contributed by atoms with E-state index >= 15 is 0 Å². The molecule has 0 radical (unpaired) electrons. The minimum Gasteiger partial charge on any atom is -0.352 e. The minimum atomic E-state index is -4.19. The normalized spacial score (nSPS) is 12.9. The van der Waals surface area contributed by atoms with Crippen LogP contribution in [0.5, 0.6) is 0 Å². The molecule has 3 aromatic rings. The number of hydrogen-bond acceptors (Lipinski definition) is 4. The van der Waals surface area contributed by atoms with Gasteiger partial charge in [0, 0.05) is 33.2 Å². The maximum absolute atomic E-state index is 14.0. The highest BCUT2D eigenvalue weighted by Gasteiger charge is 2.33. The first-order valence-electron chi connectivity index (χ1n) is 12.7. The number of anilines is 1. The van der Waals surface area contributed by atoms with E-state index in [1.165, 1.54) is 17.0 Å². The number of nitrogens with one attached hydrogen (secondary N) is 1. The number of halogens is 3. The summed E-state index contributed by atoms with van der Waals surface area (Å²) in [6.45, 7) is 6.41. The fraction of sp³-hybridized carbons (Fsp3) is 0.310. The summed E-state index contributed by atoms with van der Waals surface area (Å²) in [6.07, 6.45) is 0.696. The highest BCUT2D eigenvalue weighted by atomic mass is 35.5. The molecule has 3 rings (SSSR count). The van der Waals surface area contributed by atoms with Gasteiger partial charge in [-0.3, -0.25) is 13.9 Å². The van der Waals surface area contributed by atoms with Crippen LogP contribution in [0.25, 0.3) is 0 Å². The summed E-state index contributed by atoms with van der Waals surface area (Å²) in [7, 11) is -4.19. The molecule has 0 aliphatic rings. The number of benzene rings is 3. The second-order valence-corrected chi connectivity index (χ2v) is 12.6. The lowest BCUT2D eigenvalue weighted by molar-refractivity contribution is -0.139. The van der Waals surface area contributed by atoms with E-state index in [-0.39, 0.29) is 29.1 Å². The standard InChI is InChI=1S/C29H32Cl3N3O4S/c1-5-20(3)33-29(37)21(4)34(17-24-25(31)12-9-13-26(24)32)28(36)18-35(27-15-14-22(30)16-19(27)2)40(38,39)23-10-7-6-8-11-23/h6-16,20-21H,5,17-18H2,1-4H3,(H,33,37)/t20-,21+/m1/s1. The molecular formula is C29H32Cl3N3O4S. The maximum Gasteiger partial charge on any atom is 0.264 e. The third-order valence-corrected chi connectivity index (χ3v) is 9.31. The van der Waals surface area contributed by atoms with Gasteiger partial charge in [-0.15, -0.1) is 0 Å². The number of nitrogens with zero attached hydrogens (tertiary/aromatic N) is 2. The number of aryl methyl sites for hydroxylation is 1. The molecule has 0 heterocycles. The molecule has 0 aromatic heterocycles. The molecule has 0 unspecified atom stereocenters. The van der Waals surface area contributed by atoms with E-state index in [0.717, 1.165) is 4.31 Å². The van der Waals surface area contributed by atoms with Crippen LogP contribution >= 0.6 is 34.8 Å². The van der Waals surface area contributed by atoms with Crippen molar-refractivity contribution in [1.29, 1.82) is 0 Å². The van der Waals surface area contributed by atoms with Gasteiger partial charge >= 0.3 is 0 Å². The topological polar surface area (TPSA) is 86.8 Å². The van der Waals surface area contributed by atoms with Gasteiger partial charge < -0.3 is 10.2 Å². The number of hydrogen-bond donors (Lipinski definition) is 1. The predicted molar refractivity (Wildman–Crippen MR) is 162 cm³/mol. The van der Waals surface area contributed by atoms with Crippen LogP contribution in [0.1, 0.15) is 38.3 Å². The van der Waals surface area contributed by atoms with Crippen LogP contribution in [0.3, 0.4) is 0 Å². The van der Waals surface area contributed by atoms with Gasteiger partial charge in [0.1, 0.15) is 12.6 Å². The lowest BCUT2D eigenvalue weighted by Gasteiger charge is -2.33. The Balaban J connectivity index is 2.09. The van der Waals surface area contributed by atoms with Gasteiger partial charge in [-0.05, 0) is 75.2 Å². The molecule has 0 fully saturated rings. The lowest BCUT2D eigenvalue weighted by atomic mass is 10.1. The van der Waals surface area contributed by atoms with Crippen LogP contribution < -0.4 is 9.62 Å². The van der Waals surface area contributed by atoms with Crippen LogP contribution in [-0.2, 0) is 26.2 Å². The number of amides is 2. The van der Waals surface area contributed by atoms with Gasteiger partial charge in [0.15, 0.2) is 0 Å². The van der Waals surface area contributed by atoms with Crippen molar-refractivity contribution in [3.63, 3.8) is 0 Å². The van der Waals surface area contributed by atoms with Gasteiger partial charge in [0.2, 0.25) is 11.8 Å². The van der Waals surface area contributed by atoms with Crippen LogP contribution in [-0.4, -0.2) is 43.8 Å². The monoisotopic (exact) mass is 623 g/mol. The molecule has 0 spiro atoms. The Morgan fingerprint density at radius 2 is 1.55 bits per heavy atom. The van der Waals surface area contributed by atoms with Crippen LogP contribution in [0, 0.1) is 6.92 Å². The SMILES string of the molecule is CC[C@@H](C)NC(=O)[C@H](C)N(Cc1c(Cl)cccc1Cl)C(=O)CN(c1ccc(Cl)cc1C)S(=O)(=O)c1ccccc1. The molecule has 0 bridgehead atoms. The largest absolute Gasteiger partial charge is 0.352 e. The smallest absolute Gasteiger partial charge is 0.264 e. The second kappa shape index (κ2) is 13.7. The Labute approximate surface area is 251 Å². The Morgan fingerprint density at radius 1 is 0.925 bits per heavy atom. The summed E-state index contributed by atoms with van der Waals surface area (Å²) < 4.78 is 28.8. The summed E-state index contributed by atoms with van der Waals surface area (Å²) in [6, 6.07) is 16.4. The highest BCUT2D eigenvalue weighted by molar-refractivity contribution is 7.92. The lowest BCUT2D eigenvalue weighted by Crippen LogP contribution is -2.52. The summed E-state index contributed by atoms with van der Waals surface area (Å²) in [5.74, 6) is -0.998. The minimum absolute atomic E-state index is 0.0143. The molecule has 0 aliphatic carbocycles. The molecule has 214 valence electrons. The third-order valence-electron chi connectivity index (χ3n) is 6.60. The number of carbonyl (C=O) groups is 2. The van der Waals surface area contributed by atoms with E-state index in [0.29, 0.717) is 32.6 Å². The zero-order chi connectivity index (χ0) is 29.6. The zero-order valence-electron chi connectivity index (χ0n) is 22.7. The second-order valence-electron chi connectivity index (χ2n) is 9.47. The summed E-state index contributed by atoms with van der Waals surface area (Å²) in [4.78, 5) is 28.5. The van der Waals surface area contributed by atoms with E-state index in [1.54, 1.807) is 68.4 Å². The molecule has 40 heavy (non-hydrogen) atoms. The van der Waals surface area contributed by atoms with Crippen molar-refractivity contribution in [3.05, 3.63) is 92.9 Å². The molecule has 11 heteroatoms. The van der Waals surface area contributed by atoms with E-state index in [4.69, 9.17) is 34.8 Å². The number of rotatable bonds is 11. The van der Waals surface area contributed by atoms with Crippen LogP contribution in [0.4, 0.5) is 5.69 Å². The van der Waals surface area contributed by atoms with E-state index in [9.17, 15) is 18.0 Å². The van der Waals surface area contributed by atoms with Crippen molar-refractivity contribution >= 4 is 62.3 Å². The van der Waals surface area contributed by atoms with Gasteiger partial charge in [0.25, 0.3) is 10.0 Å². The van der Waals surface area contributed by atoms with Gasteiger partial charge in [-0.1, -0.05) is 66.0 Å². The Kier molecular flexibility index (Phi) is 10.9. The predicted octanol–water partition coefficient (Wildman–Crippen LogP) is 6.48. The van der Waals surface area contributed by atoms with Crippen molar-refractivity contribution in [1.82, 2.24) is 10.2 Å². The molecule has 1 N–H and O–H groups in total. The van der Waals surface area contributed by atoms with E-state index in [1.807, 2.05) is 13.8 Å². The number of carbonyl (C=O) groups excluding carboxylic acids is 2. The first-order chi connectivity index (χ1) is 18.9. The van der Waals surface area contributed by atoms with E-state index in [2.05, 4.69) is 5.32 Å². The molecule has 7 nitrogen and oxygen atoms in total. The number of sulfonamides is 1. The van der Waals surface area contributed by atoms with Crippen LogP contribution in [0.15, 0.2) is 71.6 Å². The van der Waals surface area contributed by atoms with Gasteiger partial charge in [0.05, 0.1) is 10.6 Å². The Morgan fingerprint density at radius 3 is 2.12 bits per heavy atom. The fourth-order valence-electron chi connectivity index (χ4n) is 4.03. The molecule has 2 atom stereocenters. The molecule has 0 saturated heterocycles. The third kappa shape index (κ3) is 7.49. The average Bonchev–Trinajstić information content (AvgIpc) is 2.91. The molecule has 0 saturated carbocycles. The van der Waals surface area contributed by atoms with E-state index < -0.39 is 28.5 Å². The Bertz CT molecular complexity index is 1450. The van der Waals surface area contributed by atoms with Crippen molar-refractivity contribution in [3.8, 4) is 0 Å². The summed E-state index contributed by atoms with van der Waals surface area (Å²) in [5, 5.41) is 3.96. The molecule has 0 aliphatic heterocycles. The first kappa shape index (κ1) is 31.7. The van der Waals surface area contributed by atoms with Gasteiger partial charge in [-0.2, -0.15) is 0 Å². The Hall–Kier alpha value is -2.78. The van der Waals surface area contributed by atoms with Crippen molar-refractivity contribution in [2.24, 2.45) is 0 Å². The van der Waals surface area contributed by atoms with Crippen LogP contribution in [0.2, 0.25) is 15.1 Å².